The first-order valence-electron chi connectivity index (χ1n) is 5.81. The molecule has 0 bridgehead atoms. The number of benzene rings is 2. The van der Waals surface area contributed by atoms with Gasteiger partial charge in [-0.15, -0.1) is 0 Å². The van der Waals surface area contributed by atoms with E-state index in [1.54, 1.807) is 6.07 Å². The molecule has 1 N–H and O–H groups in total. The number of rotatable bonds is 4. The molecule has 0 heterocycles. The summed E-state index contributed by atoms with van der Waals surface area (Å²) in [4.78, 5) is 0. The first-order valence-corrected chi connectivity index (χ1v) is 6.60. The molecule has 0 saturated carbocycles. The van der Waals surface area contributed by atoms with Gasteiger partial charge in [-0.2, -0.15) is 0 Å². The fourth-order valence-electron chi connectivity index (χ4n) is 1.98. The largest absolute Gasteiger partial charge is 0.396 e. The minimum absolute atomic E-state index is 0.00991. The van der Waals surface area contributed by atoms with Gasteiger partial charge in [0.25, 0.3) is 0 Å². The molecule has 94 valence electrons. The molecule has 0 fully saturated rings. The highest BCUT2D eigenvalue weighted by Crippen LogP contribution is 2.27. The van der Waals surface area contributed by atoms with Gasteiger partial charge in [-0.1, -0.05) is 42.5 Å². The van der Waals surface area contributed by atoms with Gasteiger partial charge in [0.05, 0.1) is 11.1 Å². The van der Waals surface area contributed by atoms with Crippen molar-refractivity contribution in [2.45, 2.75) is 12.3 Å². The Hall–Kier alpha value is -1.19. The molecular formula is C15H14BrFO. The van der Waals surface area contributed by atoms with E-state index in [1.807, 2.05) is 36.4 Å². The zero-order valence-electron chi connectivity index (χ0n) is 9.81. The van der Waals surface area contributed by atoms with Crippen molar-refractivity contribution in [2.24, 2.45) is 0 Å². The predicted molar refractivity (Wildman–Crippen MR) is 74.1 cm³/mol. The van der Waals surface area contributed by atoms with Gasteiger partial charge in [0.15, 0.2) is 0 Å². The van der Waals surface area contributed by atoms with Crippen LogP contribution in [0.4, 0.5) is 4.39 Å². The Balaban J connectivity index is 2.24. The summed E-state index contributed by atoms with van der Waals surface area (Å²) < 4.78 is 13.9. The highest BCUT2D eigenvalue weighted by Gasteiger charge is 2.14. The van der Waals surface area contributed by atoms with Gasteiger partial charge in [0.2, 0.25) is 0 Å². The zero-order chi connectivity index (χ0) is 13.0. The first-order chi connectivity index (χ1) is 8.72. The van der Waals surface area contributed by atoms with Crippen LogP contribution in [0.5, 0.6) is 0 Å². The quantitative estimate of drug-likeness (QED) is 0.908. The summed E-state index contributed by atoms with van der Waals surface area (Å²) >= 11 is 3.25. The van der Waals surface area contributed by atoms with Gasteiger partial charge in [-0.25, -0.2) is 4.39 Å². The van der Waals surface area contributed by atoms with Crippen LogP contribution in [0.1, 0.15) is 17.0 Å². The number of hydrogen-bond acceptors (Lipinski definition) is 1. The monoisotopic (exact) mass is 308 g/mol. The Morgan fingerprint density at radius 1 is 1.06 bits per heavy atom. The van der Waals surface area contributed by atoms with E-state index in [9.17, 15) is 9.50 Å². The van der Waals surface area contributed by atoms with Gasteiger partial charge in [0.1, 0.15) is 5.82 Å². The van der Waals surface area contributed by atoms with E-state index in [4.69, 9.17) is 0 Å². The predicted octanol–water partition coefficient (Wildman–Crippen LogP) is 3.91. The molecule has 1 nitrogen and oxygen atoms in total. The van der Waals surface area contributed by atoms with Gasteiger partial charge in [-0.3, -0.25) is 0 Å². The minimum Gasteiger partial charge on any atom is -0.396 e. The Bertz CT molecular complexity index is 513. The molecule has 0 aliphatic rings. The van der Waals surface area contributed by atoms with E-state index in [0.717, 1.165) is 11.1 Å². The molecule has 0 amide bonds. The number of hydrogen-bond donors (Lipinski definition) is 1. The number of halogens is 2. The number of aliphatic hydroxyl groups excluding tert-OH is 1. The molecule has 0 radical (unpaired) electrons. The second kappa shape index (κ2) is 6.12. The van der Waals surface area contributed by atoms with Crippen LogP contribution in [0.2, 0.25) is 0 Å². The fraction of sp³-hybridized carbons (Fsp3) is 0.200. The molecule has 0 aromatic heterocycles. The van der Waals surface area contributed by atoms with Crippen molar-refractivity contribution in [3.63, 3.8) is 0 Å². The lowest BCUT2D eigenvalue weighted by molar-refractivity contribution is 0.264. The normalized spacial score (nSPS) is 12.4. The summed E-state index contributed by atoms with van der Waals surface area (Å²) in [5, 5.41) is 9.49. The average Bonchev–Trinajstić information content (AvgIpc) is 2.41. The van der Waals surface area contributed by atoms with Crippen LogP contribution in [0, 0.1) is 5.82 Å². The maximum atomic E-state index is 13.4. The van der Waals surface area contributed by atoms with Gasteiger partial charge in [0, 0.05) is 5.92 Å². The second-order valence-electron chi connectivity index (χ2n) is 4.21. The van der Waals surface area contributed by atoms with Crippen molar-refractivity contribution in [2.75, 3.05) is 6.61 Å². The molecule has 0 aliphatic heterocycles. The summed E-state index contributed by atoms with van der Waals surface area (Å²) in [6.45, 7) is 0.0486. The first kappa shape index (κ1) is 13.2. The summed E-state index contributed by atoms with van der Waals surface area (Å²) in [6, 6.07) is 14.8. The third-order valence-corrected chi connectivity index (χ3v) is 3.88. The summed E-state index contributed by atoms with van der Waals surface area (Å²) in [6.07, 6.45) is 0.610. The molecule has 2 rings (SSSR count). The van der Waals surface area contributed by atoms with Crippen LogP contribution in [-0.2, 0) is 6.42 Å². The summed E-state index contributed by atoms with van der Waals surface area (Å²) in [5.41, 5.74) is 1.94. The van der Waals surface area contributed by atoms with Crippen LogP contribution in [0.25, 0.3) is 0 Å². The van der Waals surface area contributed by atoms with E-state index >= 15 is 0 Å². The second-order valence-corrected chi connectivity index (χ2v) is 5.00. The standard InChI is InChI=1S/C15H14BrFO/c16-15-12(7-4-8-14(15)17)9-13(10-18)11-5-2-1-3-6-11/h1-8,13,18H,9-10H2. The summed E-state index contributed by atoms with van der Waals surface area (Å²) in [7, 11) is 0. The van der Waals surface area contributed by atoms with Crippen molar-refractivity contribution in [1.29, 1.82) is 0 Å². The Morgan fingerprint density at radius 2 is 1.78 bits per heavy atom. The third kappa shape index (κ3) is 2.98. The van der Waals surface area contributed by atoms with Crippen molar-refractivity contribution in [1.82, 2.24) is 0 Å². The Morgan fingerprint density at radius 3 is 2.44 bits per heavy atom. The zero-order valence-corrected chi connectivity index (χ0v) is 11.4. The smallest absolute Gasteiger partial charge is 0.137 e. The molecule has 2 aromatic carbocycles. The van der Waals surface area contributed by atoms with Crippen molar-refractivity contribution in [3.8, 4) is 0 Å². The van der Waals surface area contributed by atoms with Gasteiger partial charge in [-0.05, 0) is 39.5 Å². The van der Waals surface area contributed by atoms with Crippen LogP contribution in [-0.4, -0.2) is 11.7 Å². The molecule has 1 atom stereocenters. The van der Waals surface area contributed by atoms with Crippen LogP contribution >= 0.6 is 15.9 Å². The minimum atomic E-state index is -0.266. The fourth-order valence-corrected chi connectivity index (χ4v) is 2.41. The molecule has 1 unspecified atom stereocenters. The molecule has 2 aromatic rings. The van der Waals surface area contributed by atoms with Crippen LogP contribution in [0.3, 0.4) is 0 Å². The highest BCUT2D eigenvalue weighted by molar-refractivity contribution is 9.10. The molecule has 0 spiro atoms. The van der Waals surface area contributed by atoms with Crippen molar-refractivity contribution >= 4 is 15.9 Å². The van der Waals surface area contributed by atoms with Gasteiger partial charge < -0.3 is 5.11 Å². The van der Waals surface area contributed by atoms with Crippen LogP contribution in [0.15, 0.2) is 53.0 Å². The molecule has 3 heteroatoms. The number of aliphatic hydroxyl groups is 1. The maximum absolute atomic E-state index is 13.4. The lowest BCUT2D eigenvalue weighted by Gasteiger charge is -2.15. The highest BCUT2D eigenvalue weighted by atomic mass is 79.9. The molecule has 0 saturated heterocycles. The molecule has 18 heavy (non-hydrogen) atoms. The lowest BCUT2D eigenvalue weighted by atomic mass is 9.93. The lowest BCUT2D eigenvalue weighted by Crippen LogP contribution is -2.08. The van der Waals surface area contributed by atoms with Crippen molar-refractivity contribution < 1.29 is 9.50 Å². The van der Waals surface area contributed by atoms with E-state index < -0.39 is 0 Å². The van der Waals surface area contributed by atoms with E-state index in [2.05, 4.69) is 15.9 Å². The van der Waals surface area contributed by atoms with E-state index in [-0.39, 0.29) is 18.3 Å². The topological polar surface area (TPSA) is 20.2 Å². The van der Waals surface area contributed by atoms with E-state index in [0.29, 0.717) is 10.9 Å². The average molecular weight is 309 g/mol. The van der Waals surface area contributed by atoms with Crippen LogP contribution < -0.4 is 0 Å². The van der Waals surface area contributed by atoms with Gasteiger partial charge >= 0.3 is 0 Å². The molecule has 0 aliphatic carbocycles. The summed E-state index contributed by atoms with van der Waals surface area (Å²) in [5.74, 6) is -0.276. The SMILES string of the molecule is OCC(Cc1cccc(F)c1Br)c1ccccc1. The third-order valence-electron chi connectivity index (χ3n) is 2.99. The maximum Gasteiger partial charge on any atom is 0.137 e. The van der Waals surface area contributed by atoms with E-state index in [1.165, 1.54) is 6.07 Å². The van der Waals surface area contributed by atoms with Crippen molar-refractivity contribution in [3.05, 3.63) is 69.9 Å². The molecular weight excluding hydrogens is 295 g/mol. The Kier molecular flexibility index (Phi) is 4.50. The Labute approximate surface area is 114 Å².